The Bertz CT molecular complexity index is 716. The zero-order chi connectivity index (χ0) is 20.4. The second-order valence-corrected chi connectivity index (χ2v) is 9.19. The van der Waals surface area contributed by atoms with Crippen LogP contribution in [0.5, 0.6) is 0 Å². The average Bonchev–Trinajstić information content (AvgIpc) is 2.80. The first-order valence-corrected chi connectivity index (χ1v) is 9.66. The van der Waals surface area contributed by atoms with E-state index in [0.717, 1.165) is 0 Å². The summed E-state index contributed by atoms with van der Waals surface area (Å²) in [4.78, 5) is 25.0. The summed E-state index contributed by atoms with van der Waals surface area (Å²) >= 11 is 0. The fourth-order valence-corrected chi connectivity index (χ4v) is 6.59. The number of aliphatic hydroxyl groups is 3. The zero-order valence-electron chi connectivity index (χ0n) is 16.2. The van der Waals surface area contributed by atoms with Crippen molar-refractivity contribution in [1.29, 1.82) is 0 Å². The van der Waals surface area contributed by atoms with Gasteiger partial charge in [-0.05, 0) is 45.4 Å². The second-order valence-electron chi connectivity index (χ2n) is 9.19. The summed E-state index contributed by atoms with van der Waals surface area (Å²) in [5, 5.41) is 32.6. The van der Waals surface area contributed by atoms with Gasteiger partial charge in [-0.1, -0.05) is 6.92 Å². The monoisotopic (exact) mass is 380 g/mol. The molecule has 3 fully saturated rings. The molecule has 3 N–H and O–H groups in total. The van der Waals surface area contributed by atoms with E-state index in [9.17, 15) is 24.9 Å². The van der Waals surface area contributed by atoms with Gasteiger partial charge in [-0.15, -0.1) is 12.3 Å². The van der Waals surface area contributed by atoms with Crippen molar-refractivity contribution in [1.82, 2.24) is 0 Å². The molecule has 150 valence electrons. The largest absolute Gasteiger partial charge is 0.390 e. The van der Waals surface area contributed by atoms with Crippen LogP contribution in [-0.4, -0.2) is 50.4 Å². The molecule has 0 bridgehead atoms. The standard InChI is InChI=1S/C21H29FO5/c1-5-6-9-18(3)15(24)8-7-13-14-10-16(25)21(27,12(2)23)19(14,4)11-17(26)20(13,18)22/h1,13-14,16-17,25-27H,6-11H2,2-4H3/t13-,14-,16+,17-,18-,19-,20?,21+/m0/s1. The van der Waals surface area contributed by atoms with E-state index in [1.807, 2.05) is 0 Å². The van der Waals surface area contributed by atoms with Crippen molar-refractivity contribution < 1.29 is 29.3 Å². The Morgan fingerprint density at radius 1 is 1.30 bits per heavy atom. The number of halogens is 1. The van der Waals surface area contributed by atoms with E-state index in [4.69, 9.17) is 6.42 Å². The second kappa shape index (κ2) is 6.10. The normalized spacial score (nSPS) is 52.0. The van der Waals surface area contributed by atoms with Crippen molar-refractivity contribution in [2.45, 2.75) is 82.8 Å². The first-order valence-electron chi connectivity index (χ1n) is 9.66. The summed E-state index contributed by atoms with van der Waals surface area (Å²) in [5.41, 5.74) is -6.82. The van der Waals surface area contributed by atoms with Gasteiger partial charge < -0.3 is 15.3 Å². The maximum Gasteiger partial charge on any atom is 0.164 e. The van der Waals surface area contributed by atoms with Gasteiger partial charge in [-0.25, -0.2) is 4.39 Å². The van der Waals surface area contributed by atoms with Gasteiger partial charge in [0.05, 0.1) is 17.6 Å². The molecule has 27 heavy (non-hydrogen) atoms. The summed E-state index contributed by atoms with van der Waals surface area (Å²) in [5.74, 6) is 0.357. The number of carbonyl (C=O) groups is 2. The number of terminal acetylenes is 1. The Kier molecular flexibility index (Phi) is 4.62. The van der Waals surface area contributed by atoms with E-state index in [0.29, 0.717) is 0 Å². The smallest absolute Gasteiger partial charge is 0.164 e. The maximum absolute atomic E-state index is 16.6. The predicted octanol–water partition coefficient (Wildman–Crippen LogP) is 1.57. The summed E-state index contributed by atoms with van der Waals surface area (Å²) in [6.45, 7) is 4.39. The minimum atomic E-state index is -2.20. The van der Waals surface area contributed by atoms with Crippen LogP contribution in [0.3, 0.4) is 0 Å². The number of aliphatic hydroxyl groups excluding tert-OH is 2. The minimum Gasteiger partial charge on any atom is -0.390 e. The molecular formula is C21H29FO5. The van der Waals surface area contributed by atoms with Crippen LogP contribution in [0.2, 0.25) is 0 Å². The van der Waals surface area contributed by atoms with Gasteiger partial charge in [0, 0.05) is 24.2 Å². The van der Waals surface area contributed by atoms with Gasteiger partial charge in [0.15, 0.2) is 17.1 Å². The number of fused-ring (bicyclic) bond motifs is 3. The average molecular weight is 380 g/mol. The highest BCUT2D eigenvalue weighted by atomic mass is 19.1. The number of carbonyl (C=O) groups excluding carboxylic acids is 2. The highest BCUT2D eigenvalue weighted by molar-refractivity contribution is 5.88. The molecule has 0 aromatic carbocycles. The molecule has 5 nitrogen and oxygen atoms in total. The lowest BCUT2D eigenvalue weighted by Gasteiger charge is -2.61. The van der Waals surface area contributed by atoms with Crippen molar-refractivity contribution in [2.75, 3.05) is 0 Å². The molecule has 8 atom stereocenters. The van der Waals surface area contributed by atoms with Crippen molar-refractivity contribution in [3.05, 3.63) is 0 Å². The minimum absolute atomic E-state index is 0.0645. The quantitative estimate of drug-likeness (QED) is 0.646. The van der Waals surface area contributed by atoms with Crippen LogP contribution in [0.15, 0.2) is 0 Å². The third-order valence-electron chi connectivity index (χ3n) is 8.23. The lowest BCUT2D eigenvalue weighted by atomic mass is 9.45. The lowest BCUT2D eigenvalue weighted by Crippen LogP contribution is -2.70. The highest BCUT2D eigenvalue weighted by Gasteiger charge is 2.76. The van der Waals surface area contributed by atoms with Crippen LogP contribution in [0.1, 0.15) is 59.3 Å². The molecule has 0 radical (unpaired) electrons. The van der Waals surface area contributed by atoms with Crippen LogP contribution in [0.4, 0.5) is 4.39 Å². The number of hydrogen-bond donors (Lipinski definition) is 3. The fourth-order valence-electron chi connectivity index (χ4n) is 6.59. The van der Waals surface area contributed by atoms with Crippen LogP contribution < -0.4 is 0 Å². The van der Waals surface area contributed by atoms with Crippen molar-refractivity contribution in [3.8, 4) is 12.3 Å². The molecule has 3 saturated carbocycles. The van der Waals surface area contributed by atoms with Crippen LogP contribution in [-0.2, 0) is 9.59 Å². The lowest BCUT2D eigenvalue weighted by molar-refractivity contribution is -0.233. The summed E-state index contributed by atoms with van der Waals surface area (Å²) in [6, 6.07) is 0. The molecule has 3 rings (SSSR count). The van der Waals surface area contributed by atoms with Gasteiger partial charge in [0.1, 0.15) is 5.78 Å². The van der Waals surface area contributed by atoms with E-state index in [-0.39, 0.29) is 44.3 Å². The molecule has 1 unspecified atom stereocenters. The molecule has 0 spiro atoms. The first kappa shape index (κ1) is 20.4. The highest BCUT2D eigenvalue weighted by Crippen LogP contribution is 2.68. The van der Waals surface area contributed by atoms with Crippen molar-refractivity contribution in [2.24, 2.45) is 22.7 Å². The van der Waals surface area contributed by atoms with E-state index < -0.39 is 51.9 Å². The first-order chi connectivity index (χ1) is 12.4. The van der Waals surface area contributed by atoms with E-state index in [1.165, 1.54) is 13.8 Å². The molecule has 3 aliphatic carbocycles. The van der Waals surface area contributed by atoms with Crippen LogP contribution in [0, 0.1) is 35.0 Å². The number of ketones is 2. The molecule has 0 aliphatic heterocycles. The van der Waals surface area contributed by atoms with Crippen LogP contribution >= 0.6 is 0 Å². The van der Waals surface area contributed by atoms with E-state index in [1.54, 1.807) is 6.92 Å². The third-order valence-corrected chi connectivity index (χ3v) is 8.23. The Labute approximate surface area is 159 Å². The van der Waals surface area contributed by atoms with Crippen LogP contribution in [0.25, 0.3) is 0 Å². The van der Waals surface area contributed by atoms with Crippen molar-refractivity contribution >= 4 is 11.6 Å². The van der Waals surface area contributed by atoms with Gasteiger partial charge in [0.2, 0.25) is 0 Å². The van der Waals surface area contributed by atoms with E-state index in [2.05, 4.69) is 5.92 Å². The third kappa shape index (κ3) is 2.22. The number of Topliss-reactive ketones (excluding diaryl/α,β-unsaturated/α-hetero) is 2. The number of rotatable bonds is 3. The summed E-state index contributed by atoms with van der Waals surface area (Å²) in [6.07, 6.45) is 3.08. The fraction of sp³-hybridized carbons (Fsp3) is 0.810. The predicted molar refractivity (Wildman–Crippen MR) is 96.2 cm³/mol. The molecule has 0 aromatic rings. The Morgan fingerprint density at radius 2 is 1.93 bits per heavy atom. The summed E-state index contributed by atoms with van der Waals surface area (Å²) < 4.78 is 16.6. The van der Waals surface area contributed by atoms with Gasteiger partial charge in [-0.2, -0.15) is 0 Å². The molecule has 3 aliphatic rings. The molecular weight excluding hydrogens is 351 g/mol. The van der Waals surface area contributed by atoms with Gasteiger partial charge in [-0.3, -0.25) is 9.59 Å². The maximum atomic E-state index is 16.6. The number of alkyl halides is 1. The molecule has 0 saturated heterocycles. The Morgan fingerprint density at radius 3 is 2.48 bits per heavy atom. The van der Waals surface area contributed by atoms with Gasteiger partial charge >= 0.3 is 0 Å². The zero-order valence-corrected chi connectivity index (χ0v) is 16.2. The molecule has 6 heteroatoms. The van der Waals surface area contributed by atoms with Gasteiger partial charge in [0.25, 0.3) is 0 Å². The molecule has 0 amide bonds. The SMILES string of the molecule is C#CCC[C@@]1(C)C(=O)CC[C@H]2[C@@H]3C[C@@H](O)[C@](O)(C(C)=O)[C@@]3(C)C[C@H](O)C21F. The Hall–Kier alpha value is -1.29. The molecule has 0 heterocycles. The topological polar surface area (TPSA) is 94.8 Å². The summed E-state index contributed by atoms with van der Waals surface area (Å²) in [7, 11) is 0. The Balaban J connectivity index is 2.12. The number of hydrogen-bond acceptors (Lipinski definition) is 5. The molecule has 0 aromatic heterocycles. The van der Waals surface area contributed by atoms with Crippen molar-refractivity contribution in [3.63, 3.8) is 0 Å². The van der Waals surface area contributed by atoms with E-state index >= 15 is 4.39 Å².